The third kappa shape index (κ3) is 2.10. The molecular weight excluding hydrogens is 198 g/mol. The van der Waals surface area contributed by atoms with Crippen LogP contribution in [0.25, 0.3) is 0 Å². The lowest BCUT2D eigenvalue weighted by atomic mass is 9.99. The lowest BCUT2D eigenvalue weighted by Crippen LogP contribution is -2.59. The summed E-state index contributed by atoms with van der Waals surface area (Å²) >= 11 is 0. The van der Waals surface area contributed by atoms with E-state index in [4.69, 9.17) is 10.5 Å². The fourth-order valence-electron chi connectivity index (χ4n) is 1.77. The van der Waals surface area contributed by atoms with E-state index in [0.29, 0.717) is 26.2 Å². The van der Waals surface area contributed by atoms with Gasteiger partial charge in [-0.25, -0.2) is 0 Å². The van der Waals surface area contributed by atoms with Crippen molar-refractivity contribution in [3.8, 4) is 0 Å². The van der Waals surface area contributed by atoms with Gasteiger partial charge in [0.25, 0.3) is 5.91 Å². The summed E-state index contributed by atoms with van der Waals surface area (Å²) in [5.74, 6) is -0.549. The minimum atomic E-state index is -0.396. The molecule has 0 aromatic heterocycles. The van der Waals surface area contributed by atoms with Crippen LogP contribution in [0.3, 0.4) is 0 Å². The molecule has 2 aliphatic heterocycles. The number of hydrogen-bond acceptors (Lipinski definition) is 4. The molecule has 15 heavy (non-hydrogen) atoms. The van der Waals surface area contributed by atoms with Gasteiger partial charge in [-0.2, -0.15) is 0 Å². The molecule has 2 aliphatic rings. The predicted octanol–water partition coefficient (Wildman–Crippen LogP) is -2.08. The van der Waals surface area contributed by atoms with Crippen molar-refractivity contribution in [3.05, 3.63) is 0 Å². The maximum Gasteiger partial charge on any atom is 0.253 e. The van der Waals surface area contributed by atoms with Crippen LogP contribution in [-0.4, -0.2) is 55.6 Å². The van der Waals surface area contributed by atoms with E-state index < -0.39 is 6.10 Å². The zero-order chi connectivity index (χ0) is 10.8. The first-order valence-corrected chi connectivity index (χ1v) is 5.09. The average molecular weight is 213 g/mol. The number of amides is 2. The van der Waals surface area contributed by atoms with Crippen molar-refractivity contribution in [2.75, 3.05) is 32.8 Å². The quantitative estimate of drug-likeness (QED) is 0.551. The number of nitrogens with zero attached hydrogens (tertiary/aromatic N) is 1. The van der Waals surface area contributed by atoms with Crippen LogP contribution in [0.1, 0.15) is 0 Å². The van der Waals surface area contributed by atoms with E-state index >= 15 is 0 Å². The van der Waals surface area contributed by atoms with Crippen molar-refractivity contribution < 1.29 is 14.3 Å². The van der Waals surface area contributed by atoms with E-state index in [1.54, 1.807) is 4.90 Å². The second kappa shape index (κ2) is 4.16. The summed E-state index contributed by atoms with van der Waals surface area (Å²) in [5, 5.41) is 3.09. The molecule has 6 nitrogen and oxygen atoms in total. The number of nitrogens with two attached hydrogens (primary N) is 1. The second-order valence-corrected chi connectivity index (χ2v) is 3.91. The van der Waals surface area contributed by atoms with E-state index in [1.807, 2.05) is 0 Å². The van der Waals surface area contributed by atoms with Crippen molar-refractivity contribution in [1.29, 1.82) is 0 Å². The van der Waals surface area contributed by atoms with Gasteiger partial charge in [0.1, 0.15) is 6.10 Å². The van der Waals surface area contributed by atoms with Gasteiger partial charge in [0.15, 0.2) is 0 Å². The molecule has 0 bridgehead atoms. The maximum atomic E-state index is 11.8. The first-order valence-electron chi connectivity index (χ1n) is 5.09. The van der Waals surface area contributed by atoms with Crippen LogP contribution in [0.5, 0.6) is 0 Å². The van der Waals surface area contributed by atoms with Crippen LogP contribution < -0.4 is 11.1 Å². The van der Waals surface area contributed by atoms with Crippen molar-refractivity contribution in [3.63, 3.8) is 0 Å². The number of carbonyl (C=O) groups excluding carboxylic acids is 2. The molecule has 0 spiro atoms. The number of hydrogen-bond donors (Lipinski definition) is 2. The Morgan fingerprint density at radius 3 is 2.67 bits per heavy atom. The molecular formula is C9H15N3O3. The van der Waals surface area contributed by atoms with Crippen LogP contribution in [-0.2, 0) is 14.3 Å². The molecule has 3 N–H and O–H groups in total. The van der Waals surface area contributed by atoms with Gasteiger partial charge in [-0.15, -0.1) is 0 Å². The summed E-state index contributed by atoms with van der Waals surface area (Å²) in [5.41, 5.74) is 5.12. The van der Waals surface area contributed by atoms with Gasteiger partial charge in [-0.3, -0.25) is 9.59 Å². The van der Waals surface area contributed by atoms with Gasteiger partial charge in [0.05, 0.1) is 12.5 Å². The summed E-state index contributed by atoms with van der Waals surface area (Å²) in [7, 11) is 0. The Hall–Kier alpha value is -1.14. The van der Waals surface area contributed by atoms with Crippen molar-refractivity contribution >= 4 is 11.8 Å². The standard InChI is InChI=1S/C9H15N3O3/c10-8(13)6-4-12(5-6)9(14)7-3-11-1-2-15-7/h6-7,11H,1-5H2,(H2,10,13). The van der Waals surface area contributed by atoms with Crippen LogP contribution in [0.2, 0.25) is 0 Å². The van der Waals surface area contributed by atoms with Gasteiger partial charge in [0.2, 0.25) is 5.91 Å². The molecule has 2 amide bonds. The minimum absolute atomic E-state index is 0.0419. The molecule has 0 aromatic carbocycles. The monoisotopic (exact) mass is 213 g/mol. The Bertz CT molecular complexity index is 270. The number of ether oxygens (including phenoxy) is 1. The molecule has 84 valence electrons. The Balaban J connectivity index is 1.80. The van der Waals surface area contributed by atoms with Crippen LogP contribution in [0.4, 0.5) is 0 Å². The zero-order valence-electron chi connectivity index (χ0n) is 8.44. The Morgan fingerprint density at radius 1 is 1.40 bits per heavy atom. The molecule has 0 aliphatic carbocycles. The third-order valence-corrected chi connectivity index (χ3v) is 2.80. The topological polar surface area (TPSA) is 84.7 Å². The number of nitrogens with one attached hydrogen (secondary N) is 1. The molecule has 2 fully saturated rings. The van der Waals surface area contributed by atoms with E-state index in [9.17, 15) is 9.59 Å². The number of rotatable bonds is 2. The first-order chi connectivity index (χ1) is 7.18. The first kappa shape index (κ1) is 10.4. The SMILES string of the molecule is NC(=O)C1CN(C(=O)C2CNCCO2)C1. The summed E-state index contributed by atoms with van der Waals surface area (Å²) in [6.45, 7) is 2.77. The van der Waals surface area contributed by atoms with Gasteiger partial charge in [-0.1, -0.05) is 0 Å². The summed E-state index contributed by atoms with van der Waals surface area (Å²) in [6, 6.07) is 0. The highest BCUT2D eigenvalue weighted by atomic mass is 16.5. The minimum Gasteiger partial charge on any atom is -0.369 e. The summed E-state index contributed by atoms with van der Waals surface area (Å²) in [4.78, 5) is 24.1. The third-order valence-electron chi connectivity index (χ3n) is 2.80. The van der Waals surface area contributed by atoms with Gasteiger partial charge in [0, 0.05) is 26.2 Å². The van der Waals surface area contributed by atoms with Crippen LogP contribution >= 0.6 is 0 Å². The molecule has 2 saturated heterocycles. The van der Waals surface area contributed by atoms with Gasteiger partial charge < -0.3 is 20.7 Å². The van der Waals surface area contributed by atoms with E-state index in [-0.39, 0.29) is 17.7 Å². The molecule has 0 saturated carbocycles. The van der Waals surface area contributed by atoms with Crippen molar-refractivity contribution in [1.82, 2.24) is 10.2 Å². The van der Waals surface area contributed by atoms with E-state index in [0.717, 1.165) is 6.54 Å². The smallest absolute Gasteiger partial charge is 0.253 e. The highest BCUT2D eigenvalue weighted by molar-refractivity contribution is 5.86. The normalized spacial score (nSPS) is 27.2. The highest BCUT2D eigenvalue weighted by Gasteiger charge is 2.37. The summed E-state index contributed by atoms with van der Waals surface area (Å²) in [6.07, 6.45) is -0.396. The lowest BCUT2D eigenvalue weighted by Gasteiger charge is -2.39. The number of morpholine rings is 1. The number of likely N-dealkylation sites (tertiary alicyclic amines) is 1. The molecule has 1 unspecified atom stereocenters. The molecule has 2 heterocycles. The molecule has 2 rings (SSSR count). The predicted molar refractivity (Wildman–Crippen MR) is 51.9 cm³/mol. The Morgan fingerprint density at radius 2 is 2.13 bits per heavy atom. The lowest BCUT2D eigenvalue weighted by molar-refractivity contribution is -0.153. The van der Waals surface area contributed by atoms with Crippen molar-refractivity contribution in [2.45, 2.75) is 6.10 Å². The Labute approximate surface area is 87.7 Å². The van der Waals surface area contributed by atoms with Crippen molar-refractivity contribution in [2.24, 2.45) is 11.7 Å². The zero-order valence-corrected chi connectivity index (χ0v) is 8.44. The van der Waals surface area contributed by atoms with Gasteiger partial charge in [-0.05, 0) is 0 Å². The van der Waals surface area contributed by atoms with Crippen LogP contribution in [0, 0.1) is 5.92 Å². The molecule has 0 radical (unpaired) electrons. The largest absolute Gasteiger partial charge is 0.369 e. The number of primary amides is 1. The molecule has 0 aromatic rings. The molecule has 1 atom stereocenters. The van der Waals surface area contributed by atoms with E-state index in [2.05, 4.69) is 5.32 Å². The maximum absolute atomic E-state index is 11.8. The van der Waals surface area contributed by atoms with Crippen LogP contribution in [0.15, 0.2) is 0 Å². The van der Waals surface area contributed by atoms with E-state index in [1.165, 1.54) is 0 Å². The fourth-order valence-corrected chi connectivity index (χ4v) is 1.77. The number of carbonyl (C=O) groups is 2. The fraction of sp³-hybridized carbons (Fsp3) is 0.778. The highest BCUT2D eigenvalue weighted by Crippen LogP contribution is 2.17. The second-order valence-electron chi connectivity index (χ2n) is 3.91. The average Bonchev–Trinajstić information content (AvgIpc) is 2.16. The summed E-state index contributed by atoms with van der Waals surface area (Å²) < 4.78 is 5.32. The Kier molecular flexibility index (Phi) is 2.88. The molecule has 6 heteroatoms. The van der Waals surface area contributed by atoms with Gasteiger partial charge >= 0.3 is 0 Å².